The minimum absolute atomic E-state index is 0.287. The van der Waals surface area contributed by atoms with Crippen molar-refractivity contribution in [2.24, 2.45) is 0 Å². The first-order chi connectivity index (χ1) is 11.0. The molecule has 1 heterocycles. The van der Waals surface area contributed by atoms with E-state index in [0.717, 1.165) is 5.56 Å². The van der Waals surface area contributed by atoms with Crippen LogP contribution >= 0.6 is 0 Å². The topological polar surface area (TPSA) is 75.1 Å². The fourth-order valence-corrected chi connectivity index (χ4v) is 1.99. The number of nitrogens with one attached hydrogen (secondary N) is 1. The Balaban J connectivity index is 2.12. The van der Waals surface area contributed by atoms with E-state index in [4.69, 9.17) is 0 Å². The molecule has 8 heteroatoms. The van der Waals surface area contributed by atoms with Crippen molar-refractivity contribution in [1.82, 2.24) is 15.5 Å². The second kappa shape index (κ2) is 7.68. The summed E-state index contributed by atoms with van der Waals surface area (Å²) in [7, 11) is 0. The first-order valence-corrected chi connectivity index (χ1v) is 6.73. The van der Waals surface area contributed by atoms with Crippen LogP contribution in [0.4, 0.5) is 13.2 Å². The molecule has 0 radical (unpaired) electrons. The molecule has 1 aromatic heterocycles. The van der Waals surface area contributed by atoms with Gasteiger partial charge in [-0.1, -0.05) is 24.3 Å². The molecule has 2 rings (SSSR count). The molecule has 0 aliphatic carbocycles. The fourth-order valence-electron chi connectivity index (χ4n) is 1.99. The highest BCUT2D eigenvalue weighted by molar-refractivity contribution is 5.79. The standard InChI is InChI=1S/C15H14F3N3O2/c16-8-12(20-15(23)14(17)18)13(22)10-5-3-9(4-6-10)11-2-1-7-19-21-11/h1-7,12-14,22H,8H2,(H,20,23). The summed E-state index contributed by atoms with van der Waals surface area (Å²) in [6.07, 6.45) is -3.19. The molecule has 1 amide bonds. The smallest absolute Gasteiger partial charge is 0.315 e. The number of aliphatic hydroxyl groups is 1. The minimum Gasteiger partial charge on any atom is -0.386 e. The number of aliphatic hydroxyl groups excluding tert-OH is 1. The van der Waals surface area contributed by atoms with Crippen LogP contribution in [0.1, 0.15) is 11.7 Å². The van der Waals surface area contributed by atoms with E-state index in [2.05, 4.69) is 10.2 Å². The minimum atomic E-state index is -3.27. The molecule has 0 aliphatic rings. The monoisotopic (exact) mass is 325 g/mol. The maximum Gasteiger partial charge on any atom is 0.315 e. The van der Waals surface area contributed by atoms with Crippen molar-refractivity contribution in [3.05, 3.63) is 48.2 Å². The van der Waals surface area contributed by atoms with Crippen molar-refractivity contribution < 1.29 is 23.1 Å². The van der Waals surface area contributed by atoms with Gasteiger partial charge in [0.2, 0.25) is 0 Å². The SMILES string of the molecule is O=C(NC(CF)C(O)c1ccc(-c2cccnn2)cc1)C(F)F. The van der Waals surface area contributed by atoms with Crippen LogP contribution in [0.25, 0.3) is 11.3 Å². The molecule has 5 nitrogen and oxygen atoms in total. The number of carbonyl (C=O) groups is 1. The van der Waals surface area contributed by atoms with Gasteiger partial charge in [0.1, 0.15) is 12.8 Å². The molecule has 0 bridgehead atoms. The van der Waals surface area contributed by atoms with Crippen LogP contribution in [0.5, 0.6) is 0 Å². The molecule has 0 spiro atoms. The lowest BCUT2D eigenvalue weighted by Gasteiger charge is -2.21. The van der Waals surface area contributed by atoms with Crippen molar-refractivity contribution in [1.29, 1.82) is 0 Å². The Labute approximate surface area is 130 Å². The van der Waals surface area contributed by atoms with Crippen LogP contribution in [-0.4, -0.2) is 40.4 Å². The number of rotatable bonds is 6. The average Bonchev–Trinajstić information content (AvgIpc) is 2.59. The van der Waals surface area contributed by atoms with Crippen molar-refractivity contribution in [3.8, 4) is 11.3 Å². The molecule has 1 aromatic carbocycles. The summed E-state index contributed by atoms with van der Waals surface area (Å²) >= 11 is 0. The third kappa shape index (κ3) is 4.26. The zero-order chi connectivity index (χ0) is 16.8. The quantitative estimate of drug-likeness (QED) is 0.850. The van der Waals surface area contributed by atoms with E-state index in [0.29, 0.717) is 5.69 Å². The molecule has 2 N–H and O–H groups in total. The van der Waals surface area contributed by atoms with Crippen LogP contribution in [0, 0.1) is 0 Å². The Bertz CT molecular complexity index is 638. The van der Waals surface area contributed by atoms with Crippen LogP contribution in [-0.2, 0) is 4.79 Å². The highest BCUT2D eigenvalue weighted by atomic mass is 19.3. The Morgan fingerprint density at radius 1 is 1.22 bits per heavy atom. The van der Waals surface area contributed by atoms with Gasteiger partial charge in [0.05, 0.1) is 11.7 Å². The number of hydrogen-bond acceptors (Lipinski definition) is 4. The average molecular weight is 325 g/mol. The van der Waals surface area contributed by atoms with Gasteiger partial charge in [0.15, 0.2) is 0 Å². The number of carbonyl (C=O) groups excluding carboxylic acids is 1. The molecule has 2 aromatic rings. The molecule has 2 atom stereocenters. The Hall–Kier alpha value is -2.48. The van der Waals surface area contributed by atoms with E-state index >= 15 is 0 Å². The number of hydrogen-bond donors (Lipinski definition) is 2. The second-order valence-corrected chi connectivity index (χ2v) is 4.75. The van der Waals surface area contributed by atoms with E-state index in [1.54, 1.807) is 29.6 Å². The zero-order valence-corrected chi connectivity index (χ0v) is 11.9. The van der Waals surface area contributed by atoms with Crippen molar-refractivity contribution in [2.45, 2.75) is 18.6 Å². The first-order valence-electron chi connectivity index (χ1n) is 6.73. The van der Waals surface area contributed by atoms with Crippen LogP contribution in [0.3, 0.4) is 0 Å². The van der Waals surface area contributed by atoms with Crippen molar-refractivity contribution in [2.75, 3.05) is 6.67 Å². The van der Waals surface area contributed by atoms with Crippen LogP contribution in [0.15, 0.2) is 42.6 Å². The van der Waals surface area contributed by atoms with Gasteiger partial charge in [-0.25, -0.2) is 4.39 Å². The summed E-state index contributed by atoms with van der Waals surface area (Å²) < 4.78 is 37.3. The number of alkyl halides is 3. The highest BCUT2D eigenvalue weighted by Gasteiger charge is 2.26. The molecule has 2 unspecified atom stereocenters. The lowest BCUT2D eigenvalue weighted by Crippen LogP contribution is -2.43. The number of aromatic nitrogens is 2. The molecule has 23 heavy (non-hydrogen) atoms. The van der Waals surface area contributed by atoms with Crippen molar-refractivity contribution >= 4 is 5.91 Å². The van der Waals surface area contributed by atoms with Gasteiger partial charge in [-0.15, -0.1) is 0 Å². The maximum absolute atomic E-state index is 12.9. The van der Waals surface area contributed by atoms with Gasteiger partial charge in [-0.05, 0) is 17.7 Å². The highest BCUT2D eigenvalue weighted by Crippen LogP contribution is 2.22. The first kappa shape index (κ1) is 16.9. The molecular weight excluding hydrogens is 311 g/mol. The summed E-state index contributed by atoms with van der Waals surface area (Å²) in [5, 5.41) is 19.5. The zero-order valence-electron chi connectivity index (χ0n) is 11.9. The molecule has 122 valence electrons. The summed E-state index contributed by atoms with van der Waals surface area (Å²) in [6, 6.07) is 8.28. The number of halogens is 3. The Kier molecular flexibility index (Phi) is 5.64. The molecule has 0 saturated heterocycles. The van der Waals surface area contributed by atoms with Gasteiger partial charge >= 0.3 is 6.43 Å². The molecule has 0 saturated carbocycles. The second-order valence-electron chi connectivity index (χ2n) is 4.75. The van der Waals surface area contributed by atoms with Crippen LogP contribution < -0.4 is 5.32 Å². The molecular formula is C15H14F3N3O2. The van der Waals surface area contributed by atoms with E-state index < -0.39 is 31.2 Å². The van der Waals surface area contributed by atoms with Gasteiger partial charge in [0.25, 0.3) is 5.91 Å². The summed E-state index contributed by atoms with van der Waals surface area (Å²) in [4.78, 5) is 10.9. The van der Waals surface area contributed by atoms with E-state index in [-0.39, 0.29) is 5.56 Å². The van der Waals surface area contributed by atoms with Crippen molar-refractivity contribution in [3.63, 3.8) is 0 Å². The largest absolute Gasteiger partial charge is 0.386 e. The number of benzene rings is 1. The lowest BCUT2D eigenvalue weighted by atomic mass is 10.0. The Morgan fingerprint density at radius 3 is 2.43 bits per heavy atom. The van der Waals surface area contributed by atoms with E-state index in [9.17, 15) is 23.1 Å². The van der Waals surface area contributed by atoms with Gasteiger partial charge in [0, 0.05) is 11.8 Å². The fraction of sp³-hybridized carbons (Fsp3) is 0.267. The predicted molar refractivity (Wildman–Crippen MR) is 76.3 cm³/mol. The number of nitrogens with zero attached hydrogens (tertiary/aromatic N) is 2. The van der Waals surface area contributed by atoms with Gasteiger partial charge in [-0.3, -0.25) is 4.79 Å². The third-order valence-corrected chi connectivity index (χ3v) is 3.19. The maximum atomic E-state index is 12.9. The van der Waals surface area contributed by atoms with Crippen LogP contribution in [0.2, 0.25) is 0 Å². The molecule has 0 aliphatic heterocycles. The van der Waals surface area contributed by atoms with Gasteiger partial charge in [-0.2, -0.15) is 19.0 Å². The predicted octanol–water partition coefficient (Wildman–Crippen LogP) is 1.90. The van der Waals surface area contributed by atoms with Gasteiger partial charge < -0.3 is 10.4 Å². The lowest BCUT2D eigenvalue weighted by molar-refractivity contribution is -0.133. The normalized spacial score (nSPS) is 13.6. The third-order valence-electron chi connectivity index (χ3n) is 3.19. The molecule has 0 fully saturated rings. The summed E-state index contributed by atoms with van der Waals surface area (Å²) in [6.45, 7) is -1.18. The van der Waals surface area contributed by atoms with E-state index in [1.165, 1.54) is 18.3 Å². The van der Waals surface area contributed by atoms with E-state index in [1.807, 2.05) is 0 Å². The Morgan fingerprint density at radius 2 is 1.91 bits per heavy atom. The number of amides is 1. The summed E-state index contributed by atoms with van der Waals surface area (Å²) in [5.41, 5.74) is 1.62. The summed E-state index contributed by atoms with van der Waals surface area (Å²) in [5.74, 6) is -1.62.